The van der Waals surface area contributed by atoms with Gasteiger partial charge in [0.1, 0.15) is 0 Å². The largest absolute Gasteiger partial charge is 0.493 e. The molecular weight excluding hydrogens is 240 g/mol. The third kappa shape index (κ3) is 2.57. The van der Waals surface area contributed by atoms with E-state index in [1.807, 2.05) is 12.1 Å². The first-order chi connectivity index (χ1) is 9.18. The van der Waals surface area contributed by atoms with E-state index in [0.717, 1.165) is 48.8 Å². The second kappa shape index (κ2) is 5.59. The van der Waals surface area contributed by atoms with Crippen molar-refractivity contribution in [2.24, 2.45) is 5.41 Å². The minimum atomic E-state index is 0.305. The second-order valence-corrected chi connectivity index (χ2v) is 5.17. The van der Waals surface area contributed by atoms with Crippen molar-refractivity contribution in [3.63, 3.8) is 0 Å². The molecule has 1 heterocycles. The molecule has 4 nitrogen and oxygen atoms in total. The van der Waals surface area contributed by atoms with Crippen LogP contribution in [0, 0.1) is 5.41 Å². The average Bonchev–Trinajstić information content (AvgIpc) is 2.65. The predicted molar refractivity (Wildman–Crippen MR) is 79.5 cm³/mol. The summed E-state index contributed by atoms with van der Waals surface area (Å²) in [6.07, 6.45) is 2.32. The lowest BCUT2D eigenvalue weighted by Crippen LogP contribution is -2.33. The van der Waals surface area contributed by atoms with E-state index in [-0.39, 0.29) is 0 Å². The van der Waals surface area contributed by atoms with Crippen LogP contribution in [0.1, 0.15) is 26.7 Å². The average molecular weight is 264 g/mol. The molecular formula is C15H24N2O2. The lowest BCUT2D eigenvalue weighted by atomic mass is 9.82. The van der Waals surface area contributed by atoms with Gasteiger partial charge in [-0.2, -0.15) is 0 Å². The summed E-state index contributed by atoms with van der Waals surface area (Å²) in [6.45, 7) is 6.47. The first kappa shape index (κ1) is 13.8. The Hall–Kier alpha value is -1.58. The summed E-state index contributed by atoms with van der Waals surface area (Å²) in [5.41, 5.74) is 2.47. The van der Waals surface area contributed by atoms with Crippen LogP contribution in [0.5, 0.6) is 11.5 Å². The van der Waals surface area contributed by atoms with Crippen LogP contribution < -0.4 is 20.1 Å². The van der Waals surface area contributed by atoms with Crippen molar-refractivity contribution >= 4 is 11.4 Å². The fourth-order valence-corrected chi connectivity index (χ4v) is 2.55. The molecule has 106 valence electrons. The number of nitrogens with one attached hydrogen (secondary N) is 2. The third-order valence-corrected chi connectivity index (χ3v) is 4.33. The summed E-state index contributed by atoms with van der Waals surface area (Å²) in [4.78, 5) is 0. The molecule has 0 amide bonds. The van der Waals surface area contributed by atoms with E-state index in [9.17, 15) is 0 Å². The van der Waals surface area contributed by atoms with E-state index in [2.05, 4.69) is 24.5 Å². The van der Waals surface area contributed by atoms with Crippen LogP contribution in [-0.2, 0) is 0 Å². The van der Waals surface area contributed by atoms with Gasteiger partial charge >= 0.3 is 0 Å². The van der Waals surface area contributed by atoms with Crippen LogP contribution in [0.3, 0.4) is 0 Å². The van der Waals surface area contributed by atoms with Gasteiger partial charge in [0, 0.05) is 30.6 Å². The molecule has 0 spiro atoms. The molecule has 0 saturated carbocycles. The topological polar surface area (TPSA) is 42.5 Å². The van der Waals surface area contributed by atoms with Crippen molar-refractivity contribution in [1.29, 1.82) is 0 Å². The summed E-state index contributed by atoms with van der Waals surface area (Å²) >= 11 is 0. The number of rotatable bonds is 4. The first-order valence-corrected chi connectivity index (χ1v) is 6.91. The van der Waals surface area contributed by atoms with Gasteiger partial charge in [0.05, 0.1) is 25.6 Å². The molecule has 1 aromatic carbocycles. The minimum absolute atomic E-state index is 0.305. The predicted octanol–water partition coefficient (Wildman–Crippen LogP) is 3.35. The quantitative estimate of drug-likeness (QED) is 0.875. The number of hydrogen-bond donors (Lipinski definition) is 2. The summed E-state index contributed by atoms with van der Waals surface area (Å²) in [5.74, 6) is 1.52. The van der Waals surface area contributed by atoms with Gasteiger partial charge in [-0.05, 0) is 12.8 Å². The molecule has 0 atom stereocenters. The molecule has 0 bridgehead atoms. The molecule has 0 aliphatic carbocycles. The van der Waals surface area contributed by atoms with Crippen LogP contribution in [0.15, 0.2) is 12.1 Å². The summed E-state index contributed by atoms with van der Waals surface area (Å²) < 4.78 is 10.7. The summed E-state index contributed by atoms with van der Waals surface area (Å²) in [6, 6.07) is 4.01. The molecule has 1 aliphatic rings. The molecule has 19 heavy (non-hydrogen) atoms. The van der Waals surface area contributed by atoms with E-state index in [0.29, 0.717) is 5.41 Å². The van der Waals surface area contributed by atoms with Gasteiger partial charge in [-0.15, -0.1) is 0 Å². The Balaban J connectivity index is 2.32. The molecule has 2 rings (SSSR count). The highest BCUT2D eigenvalue weighted by molar-refractivity contribution is 5.75. The molecule has 0 radical (unpaired) electrons. The van der Waals surface area contributed by atoms with Crippen molar-refractivity contribution in [2.75, 3.05) is 37.9 Å². The SMILES string of the molecule is CCC1(CC)CNc2cc(OC)c(OC)cc2NC1. The Bertz CT molecular complexity index is 405. The molecule has 0 unspecified atom stereocenters. The smallest absolute Gasteiger partial charge is 0.162 e. The van der Waals surface area contributed by atoms with Gasteiger partial charge in [-0.1, -0.05) is 13.8 Å². The molecule has 1 aliphatic heterocycles. The van der Waals surface area contributed by atoms with Crippen molar-refractivity contribution in [1.82, 2.24) is 0 Å². The Morgan fingerprint density at radius 2 is 1.37 bits per heavy atom. The van der Waals surface area contributed by atoms with Crippen LogP contribution in [0.25, 0.3) is 0 Å². The van der Waals surface area contributed by atoms with Crippen LogP contribution >= 0.6 is 0 Å². The molecule has 0 saturated heterocycles. The van der Waals surface area contributed by atoms with Gasteiger partial charge < -0.3 is 20.1 Å². The lowest BCUT2D eigenvalue weighted by molar-refractivity contribution is 0.307. The highest BCUT2D eigenvalue weighted by atomic mass is 16.5. The highest BCUT2D eigenvalue weighted by Crippen LogP contribution is 2.40. The zero-order chi connectivity index (χ0) is 13.9. The first-order valence-electron chi connectivity index (χ1n) is 6.91. The third-order valence-electron chi connectivity index (χ3n) is 4.33. The molecule has 0 aromatic heterocycles. The maximum Gasteiger partial charge on any atom is 0.162 e. The maximum atomic E-state index is 5.35. The normalized spacial score (nSPS) is 16.6. The van der Waals surface area contributed by atoms with E-state index in [4.69, 9.17) is 9.47 Å². The molecule has 2 N–H and O–H groups in total. The number of methoxy groups -OCH3 is 2. The molecule has 0 fully saturated rings. The number of hydrogen-bond acceptors (Lipinski definition) is 4. The number of ether oxygens (including phenoxy) is 2. The Morgan fingerprint density at radius 1 is 0.947 bits per heavy atom. The number of fused-ring (bicyclic) bond motifs is 1. The van der Waals surface area contributed by atoms with E-state index in [1.165, 1.54) is 0 Å². The standard InChI is InChI=1S/C15H24N2O2/c1-5-15(6-2)9-16-11-7-13(18-3)14(19-4)8-12(11)17-10-15/h7-8,16-17H,5-6,9-10H2,1-4H3. The number of benzene rings is 1. The maximum absolute atomic E-state index is 5.35. The zero-order valence-electron chi connectivity index (χ0n) is 12.3. The van der Waals surface area contributed by atoms with Gasteiger partial charge in [0.2, 0.25) is 0 Å². The van der Waals surface area contributed by atoms with Crippen molar-refractivity contribution < 1.29 is 9.47 Å². The van der Waals surface area contributed by atoms with Crippen molar-refractivity contribution in [3.8, 4) is 11.5 Å². The minimum Gasteiger partial charge on any atom is -0.493 e. The lowest BCUT2D eigenvalue weighted by Gasteiger charge is -2.30. The van der Waals surface area contributed by atoms with E-state index in [1.54, 1.807) is 14.2 Å². The van der Waals surface area contributed by atoms with Crippen LogP contribution in [0.4, 0.5) is 11.4 Å². The Morgan fingerprint density at radius 3 is 1.68 bits per heavy atom. The molecule has 4 heteroatoms. The van der Waals surface area contributed by atoms with Gasteiger partial charge in [0.25, 0.3) is 0 Å². The fraction of sp³-hybridized carbons (Fsp3) is 0.600. The second-order valence-electron chi connectivity index (χ2n) is 5.17. The fourth-order valence-electron chi connectivity index (χ4n) is 2.55. The summed E-state index contributed by atoms with van der Waals surface area (Å²) in [7, 11) is 3.33. The van der Waals surface area contributed by atoms with Gasteiger partial charge in [-0.3, -0.25) is 0 Å². The Labute approximate surface area is 115 Å². The van der Waals surface area contributed by atoms with E-state index >= 15 is 0 Å². The van der Waals surface area contributed by atoms with Crippen LogP contribution in [-0.4, -0.2) is 27.3 Å². The van der Waals surface area contributed by atoms with Gasteiger partial charge in [-0.25, -0.2) is 0 Å². The van der Waals surface area contributed by atoms with E-state index < -0.39 is 0 Å². The van der Waals surface area contributed by atoms with Crippen molar-refractivity contribution in [2.45, 2.75) is 26.7 Å². The molecule has 1 aromatic rings. The summed E-state index contributed by atoms with van der Waals surface area (Å²) in [5, 5.41) is 7.09. The Kier molecular flexibility index (Phi) is 4.08. The highest BCUT2D eigenvalue weighted by Gasteiger charge is 2.29. The monoisotopic (exact) mass is 264 g/mol. The van der Waals surface area contributed by atoms with Crippen LogP contribution in [0.2, 0.25) is 0 Å². The number of anilines is 2. The zero-order valence-corrected chi connectivity index (χ0v) is 12.3. The van der Waals surface area contributed by atoms with Crippen molar-refractivity contribution in [3.05, 3.63) is 12.1 Å². The van der Waals surface area contributed by atoms with Gasteiger partial charge in [0.15, 0.2) is 11.5 Å².